The van der Waals surface area contributed by atoms with E-state index in [4.69, 9.17) is 10.5 Å². The summed E-state index contributed by atoms with van der Waals surface area (Å²) in [5.74, 6) is 0.810. The topological polar surface area (TPSA) is 61.0 Å². The third-order valence-corrected chi connectivity index (χ3v) is 0.840. The number of methoxy groups -OCH3 is 1. The number of anilines is 1. The third kappa shape index (κ3) is 3.40. The number of aromatic nitrogens is 2. The Morgan fingerprint density at radius 1 is 1.36 bits per heavy atom. The molecule has 0 aliphatic heterocycles. The normalized spacial score (nSPS) is 7.91. The highest BCUT2D eigenvalue weighted by Crippen LogP contribution is 2.03. The van der Waals surface area contributed by atoms with Crippen LogP contribution in [-0.4, -0.2) is 17.1 Å². The highest BCUT2D eigenvalue weighted by molar-refractivity contribution is 5.25. The van der Waals surface area contributed by atoms with Gasteiger partial charge in [0.25, 0.3) is 0 Å². The second-order valence-electron chi connectivity index (χ2n) is 1.49. The van der Waals surface area contributed by atoms with E-state index in [0.717, 1.165) is 0 Å². The van der Waals surface area contributed by atoms with Crippen LogP contribution in [0.1, 0.15) is 13.8 Å². The highest BCUT2D eigenvalue weighted by Gasteiger charge is 1.90. The Morgan fingerprint density at radius 2 is 2.00 bits per heavy atom. The zero-order chi connectivity index (χ0) is 8.69. The van der Waals surface area contributed by atoms with Gasteiger partial charge >= 0.3 is 0 Å². The van der Waals surface area contributed by atoms with Gasteiger partial charge in [0.05, 0.1) is 19.5 Å². The van der Waals surface area contributed by atoms with Gasteiger partial charge in [-0.3, -0.25) is 4.98 Å². The SMILES string of the molecule is CC.COc1cncc(N)n1. The molecule has 0 fully saturated rings. The van der Waals surface area contributed by atoms with Crippen molar-refractivity contribution in [2.75, 3.05) is 12.8 Å². The van der Waals surface area contributed by atoms with E-state index in [1.165, 1.54) is 19.5 Å². The van der Waals surface area contributed by atoms with Gasteiger partial charge in [0.2, 0.25) is 5.88 Å². The molecular formula is C7H13N3O. The molecule has 4 heteroatoms. The van der Waals surface area contributed by atoms with E-state index < -0.39 is 0 Å². The van der Waals surface area contributed by atoms with Crippen LogP contribution in [0.25, 0.3) is 0 Å². The summed E-state index contributed by atoms with van der Waals surface area (Å²) in [5, 5.41) is 0. The molecule has 0 amide bonds. The lowest BCUT2D eigenvalue weighted by Crippen LogP contribution is -1.93. The fraction of sp³-hybridized carbons (Fsp3) is 0.429. The molecule has 0 unspecified atom stereocenters. The van der Waals surface area contributed by atoms with Gasteiger partial charge in [-0.2, -0.15) is 4.98 Å². The zero-order valence-electron chi connectivity index (χ0n) is 7.03. The minimum absolute atomic E-state index is 0.370. The lowest BCUT2D eigenvalue weighted by Gasteiger charge is -1.95. The molecule has 1 aromatic rings. The van der Waals surface area contributed by atoms with E-state index in [-0.39, 0.29) is 0 Å². The first-order valence-electron chi connectivity index (χ1n) is 3.44. The van der Waals surface area contributed by atoms with Gasteiger partial charge < -0.3 is 10.5 Å². The summed E-state index contributed by atoms with van der Waals surface area (Å²) in [5.41, 5.74) is 5.28. The van der Waals surface area contributed by atoms with Crippen LogP contribution < -0.4 is 10.5 Å². The Kier molecular flexibility index (Phi) is 4.81. The summed E-state index contributed by atoms with van der Waals surface area (Å²) in [7, 11) is 1.52. The van der Waals surface area contributed by atoms with Crippen LogP contribution in [0.3, 0.4) is 0 Å². The van der Waals surface area contributed by atoms with Crippen molar-refractivity contribution in [2.24, 2.45) is 0 Å². The molecule has 0 saturated heterocycles. The maximum Gasteiger partial charge on any atom is 0.233 e. The largest absolute Gasteiger partial charge is 0.480 e. The number of nitrogens with zero attached hydrogens (tertiary/aromatic N) is 2. The minimum Gasteiger partial charge on any atom is -0.480 e. The number of nitrogen functional groups attached to an aromatic ring is 1. The lowest BCUT2D eigenvalue weighted by atomic mass is 10.7. The fourth-order valence-electron chi connectivity index (χ4n) is 0.461. The van der Waals surface area contributed by atoms with E-state index in [2.05, 4.69) is 9.97 Å². The van der Waals surface area contributed by atoms with E-state index >= 15 is 0 Å². The summed E-state index contributed by atoms with van der Waals surface area (Å²) in [4.78, 5) is 7.53. The van der Waals surface area contributed by atoms with Crippen molar-refractivity contribution in [1.29, 1.82) is 0 Å². The van der Waals surface area contributed by atoms with Gasteiger partial charge in [-0.15, -0.1) is 0 Å². The summed E-state index contributed by atoms with van der Waals surface area (Å²) in [6.45, 7) is 4.00. The van der Waals surface area contributed by atoms with Gasteiger partial charge in [-0.25, -0.2) is 0 Å². The molecule has 11 heavy (non-hydrogen) atoms. The number of ether oxygens (including phenoxy) is 1. The number of hydrogen-bond acceptors (Lipinski definition) is 4. The van der Waals surface area contributed by atoms with Gasteiger partial charge in [-0.1, -0.05) is 13.8 Å². The Bertz CT molecular complexity index is 203. The van der Waals surface area contributed by atoms with E-state index in [9.17, 15) is 0 Å². The lowest BCUT2D eigenvalue weighted by molar-refractivity contribution is 0.396. The second kappa shape index (κ2) is 5.46. The van der Waals surface area contributed by atoms with Crippen LogP contribution in [0, 0.1) is 0 Å². The van der Waals surface area contributed by atoms with Crippen LogP contribution in [0.15, 0.2) is 12.4 Å². The standard InChI is InChI=1S/C5H7N3O.C2H6/c1-9-5-3-7-2-4(6)8-5;1-2/h2-3H,1H3,(H2,6,8);1-2H3. The molecular weight excluding hydrogens is 142 g/mol. The molecule has 2 N–H and O–H groups in total. The van der Waals surface area contributed by atoms with Crippen LogP contribution >= 0.6 is 0 Å². The number of hydrogen-bond donors (Lipinski definition) is 1. The van der Waals surface area contributed by atoms with Crippen molar-refractivity contribution in [3.63, 3.8) is 0 Å². The Balaban J connectivity index is 0.000000461. The molecule has 1 rings (SSSR count). The molecule has 1 aromatic heterocycles. The van der Waals surface area contributed by atoms with Crippen LogP contribution in [0.4, 0.5) is 5.82 Å². The molecule has 1 heterocycles. The number of rotatable bonds is 1. The second-order valence-corrected chi connectivity index (χ2v) is 1.49. The average Bonchev–Trinajstić information content (AvgIpc) is 2.08. The fourth-order valence-corrected chi connectivity index (χ4v) is 0.461. The van der Waals surface area contributed by atoms with Crippen molar-refractivity contribution < 1.29 is 4.74 Å². The third-order valence-electron chi connectivity index (χ3n) is 0.840. The molecule has 0 aromatic carbocycles. The van der Waals surface area contributed by atoms with Gasteiger partial charge in [0.15, 0.2) is 0 Å². The van der Waals surface area contributed by atoms with Crippen molar-refractivity contribution >= 4 is 5.82 Å². The average molecular weight is 155 g/mol. The molecule has 0 saturated carbocycles. The van der Waals surface area contributed by atoms with Crippen LogP contribution in [0.2, 0.25) is 0 Å². The van der Waals surface area contributed by atoms with Crippen molar-refractivity contribution in [1.82, 2.24) is 9.97 Å². The Morgan fingerprint density at radius 3 is 2.36 bits per heavy atom. The maximum absolute atomic E-state index is 5.28. The Labute approximate surface area is 66.4 Å². The van der Waals surface area contributed by atoms with Gasteiger partial charge in [0.1, 0.15) is 5.82 Å². The first-order chi connectivity index (χ1) is 5.33. The molecule has 0 bridgehead atoms. The Hall–Kier alpha value is -1.32. The van der Waals surface area contributed by atoms with Gasteiger partial charge in [-0.05, 0) is 0 Å². The number of nitrogens with two attached hydrogens (primary N) is 1. The smallest absolute Gasteiger partial charge is 0.233 e. The molecule has 62 valence electrons. The molecule has 0 aliphatic rings. The molecule has 0 spiro atoms. The zero-order valence-corrected chi connectivity index (χ0v) is 7.03. The summed E-state index contributed by atoms with van der Waals surface area (Å²) in [6, 6.07) is 0. The van der Waals surface area contributed by atoms with Gasteiger partial charge in [0, 0.05) is 0 Å². The molecule has 0 aliphatic carbocycles. The minimum atomic E-state index is 0.370. The first-order valence-corrected chi connectivity index (χ1v) is 3.44. The van der Waals surface area contributed by atoms with Crippen LogP contribution in [0.5, 0.6) is 5.88 Å². The molecule has 0 radical (unpaired) electrons. The van der Waals surface area contributed by atoms with E-state index in [0.29, 0.717) is 11.7 Å². The van der Waals surface area contributed by atoms with Crippen molar-refractivity contribution in [2.45, 2.75) is 13.8 Å². The highest BCUT2D eigenvalue weighted by atomic mass is 16.5. The predicted molar refractivity (Wildman–Crippen MR) is 44.3 cm³/mol. The van der Waals surface area contributed by atoms with Crippen molar-refractivity contribution in [3.8, 4) is 5.88 Å². The first kappa shape index (κ1) is 9.68. The quantitative estimate of drug-likeness (QED) is 0.659. The maximum atomic E-state index is 5.28. The van der Waals surface area contributed by atoms with Crippen molar-refractivity contribution in [3.05, 3.63) is 12.4 Å². The van der Waals surface area contributed by atoms with E-state index in [1.807, 2.05) is 13.8 Å². The summed E-state index contributed by atoms with van der Waals surface area (Å²) in [6.07, 6.45) is 2.96. The van der Waals surface area contributed by atoms with E-state index in [1.54, 1.807) is 0 Å². The predicted octanol–water partition coefficient (Wildman–Crippen LogP) is 1.09. The summed E-state index contributed by atoms with van der Waals surface area (Å²) < 4.78 is 4.74. The summed E-state index contributed by atoms with van der Waals surface area (Å²) >= 11 is 0. The monoisotopic (exact) mass is 155 g/mol. The molecule has 4 nitrogen and oxygen atoms in total. The molecule has 0 atom stereocenters. The van der Waals surface area contributed by atoms with Crippen LogP contribution in [-0.2, 0) is 0 Å².